The number of aliphatic hydroxyl groups is 1. The average Bonchev–Trinajstić information content (AvgIpc) is 3.19. The molecule has 9 nitrogen and oxygen atoms in total. The van der Waals surface area contributed by atoms with Crippen LogP contribution in [0.5, 0.6) is 5.75 Å². The third kappa shape index (κ3) is 3.93. The lowest BCUT2D eigenvalue weighted by Gasteiger charge is -2.12. The number of ether oxygens (including phenoxy) is 1. The Morgan fingerprint density at radius 2 is 2.22 bits per heavy atom. The molecule has 0 saturated heterocycles. The highest BCUT2D eigenvalue weighted by Crippen LogP contribution is 2.29. The van der Waals surface area contributed by atoms with Crippen molar-refractivity contribution in [3.63, 3.8) is 0 Å². The van der Waals surface area contributed by atoms with Gasteiger partial charge in [0.2, 0.25) is 5.91 Å². The van der Waals surface area contributed by atoms with Crippen LogP contribution in [0.3, 0.4) is 0 Å². The van der Waals surface area contributed by atoms with Crippen molar-refractivity contribution in [3.8, 4) is 5.75 Å². The largest absolute Gasteiger partial charge is 0.489 e. The predicted octanol–water partition coefficient (Wildman–Crippen LogP) is 0.630. The van der Waals surface area contributed by atoms with E-state index in [4.69, 9.17) is 14.9 Å². The highest BCUT2D eigenvalue weighted by Gasteiger charge is 2.23. The molecular weight excluding hydrogens is 352 g/mol. The van der Waals surface area contributed by atoms with Crippen molar-refractivity contribution in [1.29, 1.82) is 0 Å². The summed E-state index contributed by atoms with van der Waals surface area (Å²) in [6, 6.07) is 3.96. The van der Waals surface area contributed by atoms with Crippen LogP contribution in [0.4, 0.5) is 0 Å². The Hall–Kier alpha value is -3.33. The van der Waals surface area contributed by atoms with Crippen molar-refractivity contribution in [2.24, 2.45) is 12.8 Å². The Labute approximate surface area is 154 Å². The fourth-order valence-electron chi connectivity index (χ4n) is 2.72. The molecule has 0 aliphatic rings. The van der Waals surface area contributed by atoms with Gasteiger partial charge in [0.05, 0.1) is 18.4 Å². The number of hydrogen-bond acceptors (Lipinski definition) is 6. The van der Waals surface area contributed by atoms with Gasteiger partial charge in [0.25, 0.3) is 5.91 Å². The normalized spacial score (nSPS) is 12.1. The first-order valence-electron chi connectivity index (χ1n) is 8.23. The molecule has 9 heteroatoms. The Balaban J connectivity index is 1.85. The maximum Gasteiger partial charge on any atom is 0.256 e. The Kier molecular flexibility index (Phi) is 5.13. The summed E-state index contributed by atoms with van der Waals surface area (Å²) >= 11 is 0. The molecule has 0 spiro atoms. The number of amides is 2. The number of carbonyl (C=O) groups excluding carboxylic acids is 2. The molecule has 2 heterocycles. The number of primary amides is 1. The summed E-state index contributed by atoms with van der Waals surface area (Å²) < 4.78 is 13.0. The fourth-order valence-corrected chi connectivity index (χ4v) is 2.72. The molecular formula is C18H20N4O5. The number of carbonyl (C=O) groups is 2. The van der Waals surface area contributed by atoms with E-state index in [9.17, 15) is 14.7 Å². The van der Waals surface area contributed by atoms with Gasteiger partial charge in [-0.2, -0.15) is 5.10 Å². The molecule has 3 rings (SSSR count). The zero-order chi connectivity index (χ0) is 19.6. The van der Waals surface area contributed by atoms with Gasteiger partial charge in [-0.15, -0.1) is 0 Å². The zero-order valence-electron chi connectivity index (χ0n) is 14.9. The lowest BCUT2D eigenvalue weighted by atomic mass is 10.1. The van der Waals surface area contributed by atoms with E-state index in [1.165, 1.54) is 0 Å². The number of furan rings is 1. The summed E-state index contributed by atoms with van der Waals surface area (Å²) in [5, 5.41) is 16.2. The molecule has 0 radical (unpaired) electrons. The van der Waals surface area contributed by atoms with Crippen LogP contribution >= 0.6 is 0 Å². The van der Waals surface area contributed by atoms with Crippen molar-refractivity contribution in [1.82, 2.24) is 15.1 Å². The lowest BCUT2D eigenvalue weighted by Crippen LogP contribution is -2.46. The lowest BCUT2D eigenvalue weighted by molar-refractivity contribution is -0.120. The molecule has 3 aromatic rings. The third-order valence-electron chi connectivity index (χ3n) is 4.06. The van der Waals surface area contributed by atoms with Gasteiger partial charge in [0, 0.05) is 24.2 Å². The summed E-state index contributed by atoms with van der Waals surface area (Å²) in [5.41, 5.74) is 6.83. The van der Waals surface area contributed by atoms with Crippen LogP contribution in [-0.4, -0.2) is 39.4 Å². The summed E-state index contributed by atoms with van der Waals surface area (Å²) in [5.74, 6) is -0.451. The van der Waals surface area contributed by atoms with E-state index in [2.05, 4.69) is 10.4 Å². The van der Waals surface area contributed by atoms with Crippen LogP contribution in [0.25, 0.3) is 11.0 Å². The molecule has 4 N–H and O–H groups in total. The molecule has 0 aliphatic carbocycles. The van der Waals surface area contributed by atoms with E-state index in [0.29, 0.717) is 29.1 Å². The summed E-state index contributed by atoms with van der Waals surface area (Å²) in [6.07, 6.45) is 3.55. The van der Waals surface area contributed by atoms with Crippen molar-refractivity contribution < 1.29 is 23.8 Å². The molecule has 2 aromatic heterocycles. The van der Waals surface area contributed by atoms with Crippen molar-refractivity contribution in [2.75, 3.05) is 6.61 Å². The van der Waals surface area contributed by atoms with Gasteiger partial charge in [-0.3, -0.25) is 14.3 Å². The molecule has 2 amide bonds. The number of aromatic nitrogens is 2. The van der Waals surface area contributed by atoms with E-state index in [1.54, 1.807) is 36.0 Å². The quantitative estimate of drug-likeness (QED) is 0.557. The standard InChI is InChI=1S/C18H20N4O5/c1-10-16(18(25)21-14(8-23)17(19)24)13-5-12(3-4-15(13)27-10)26-9-11-6-20-22(2)7-11/h3-7,14,23H,8-9H2,1-2H3,(H2,19,24)(H,21,25)/t14-/m0/s1. The molecule has 142 valence electrons. The van der Waals surface area contributed by atoms with Crippen LogP contribution in [0.15, 0.2) is 35.0 Å². The number of aryl methyl sites for hydroxylation is 2. The molecule has 0 aliphatic heterocycles. The van der Waals surface area contributed by atoms with E-state index >= 15 is 0 Å². The Bertz CT molecular complexity index is 991. The second-order valence-corrected chi connectivity index (χ2v) is 6.11. The number of nitrogens with two attached hydrogens (primary N) is 1. The first-order chi connectivity index (χ1) is 12.9. The number of nitrogens with zero attached hydrogens (tertiary/aromatic N) is 2. The van der Waals surface area contributed by atoms with E-state index in [1.807, 2.05) is 13.2 Å². The first kappa shape index (κ1) is 18.5. The van der Waals surface area contributed by atoms with E-state index in [-0.39, 0.29) is 5.56 Å². The van der Waals surface area contributed by atoms with E-state index in [0.717, 1.165) is 5.56 Å². The van der Waals surface area contributed by atoms with E-state index < -0.39 is 24.5 Å². The molecule has 0 bridgehead atoms. The second kappa shape index (κ2) is 7.50. The number of aliphatic hydroxyl groups excluding tert-OH is 1. The van der Waals surface area contributed by atoms with Crippen LogP contribution < -0.4 is 15.8 Å². The minimum absolute atomic E-state index is 0.261. The number of nitrogens with one attached hydrogen (secondary N) is 1. The Morgan fingerprint density at radius 3 is 2.85 bits per heavy atom. The summed E-state index contributed by atoms with van der Waals surface area (Å²) in [7, 11) is 1.82. The minimum atomic E-state index is -1.17. The monoisotopic (exact) mass is 372 g/mol. The van der Waals surface area contributed by atoms with Crippen LogP contribution in [-0.2, 0) is 18.4 Å². The zero-order valence-corrected chi connectivity index (χ0v) is 14.9. The second-order valence-electron chi connectivity index (χ2n) is 6.11. The number of hydrogen-bond donors (Lipinski definition) is 3. The molecule has 27 heavy (non-hydrogen) atoms. The number of rotatable bonds is 7. The molecule has 0 unspecified atom stereocenters. The summed E-state index contributed by atoms with van der Waals surface area (Å²) in [4.78, 5) is 23.8. The van der Waals surface area contributed by atoms with Gasteiger partial charge in [-0.1, -0.05) is 0 Å². The van der Waals surface area contributed by atoms with Gasteiger partial charge in [-0.05, 0) is 25.1 Å². The topological polar surface area (TPSA) is 133 Å². The summed E-state index contributed by atoms with van der Waals surface area (Å²) in [6.45, 7) is 1.38. The average molecular weight is 372 g/mol. The van der Waals surface area contributed by atoms with Crippen molar-refractivity contribution in [2.45, 2.75) is 19.6 Å². The first-order valence-corrected chi connectivity index (χ1v) is 8.23. The van der Waals surface area contributed by atoms with Crippen LogP contribution in [0.1, 0.15) is 21.7 Å². The van der Waals surface area contributed by atoms with Gasteiger partial charge in [0.15, 0.2) is 0 Å². The SMILES string of the molecule is Cc1oc2ccc(OCc3cnn(C)c3)cc2c1C(=O)N[C@@H](CO)C(N)=O. The van der Waals surface area contributed by atoms with Gasteiger partial charge in [-0.25, -0.2) is 0 Å². The maximum absolute atomic E-state index is 12.6. The predicted molar refractivity (Wildman–Crippen MR) is 96.0 cm³/mol. The third-order valence-corrected chi connectivity index (χ3v) is 4.06. The Morgan fingerprint density at radius 1 is 1.44 bits per heavy atom. The highest BCUT2D eigenvalue weighted by molar-refractivity contribution is 6.08. The van der Waals surface area contributed by atoms with Crippen LogP contribution in [0, 0.1) is 6.92 Å². The molecule has 0 saturated carbocycles. The smallest absolute Gasteiger partial charge is 0.256 e. The fraction of sp³-hybridized carbons (Fsp3) is 0.278. The van der Waals surface area contributed by atoms with Gasteiger partial charge >= 0.3 is 0 Å². The minimum Gasteiger partial charge on any atom is -0.489 e. The van der Waals surface area contributed by atoms with Gasteiger partial charge < -0.3 is 25.3 Å². The van der Waals surface area contributed by atoms with Crippen molar-refractivity contribution >= 4 is 22.8 Å². The molecule has 0 fully saturated rings. The van der Waals surface area contributed by atoms with Gasteiger partial charge in [0.1, 0.15) is 29.7 Å². The number of fused-ring (bicyclic) bond motifs is 1. The van der Waals surface area contributed by atoms with Crippen LogP contribution in [0.2, 0.25) is 0 Å². The molecule has 1 aromatic carbocycles. The number of benzene rings is 1. The maximum atomic E-state index is 12.6. The molecule has 1 atom stereocenters. The highest BCUT2D eigenvalue weighted by atomic mass is 16.5. The van der Waals surface area contributed by atoms with Crippen molar-refractivity contribution in [3.05, 3.63) is 47.5 Å².